The second-order valence-corrected chi connectivity index (χ2v) is 11.6. The van der Waals surface area contributed by atoms with Crippen molar-refractivity contribution in [3.05, 3.63) is 58.9 Å². The predicted molar refractivity (Wildman–Crippen MR) is 152 cm³/mol. The number of nitrogen functional groups attached to an aromatic ring is 1. The predicted octanol–water partition coefficient (Wildman–Crippen LogP) is 5.23. The SMILES string of the molecule is Cc1c(NC(=O)c2ccc3c(c2F)OCC32CC2)cc(F)cc1-c1ncnc(N)c1OCCN(C)C(=O)OC(C)(C)C. The van der Waals surface area contributed by atoms with Crippen molar-refractivity contribution < 1.29 is 32.6 Å². The van der Waals surface area contributed by atoms with Crippen LogP contribution in [-0.2, 0) is 10.2 Å². The number of anilines is 2. The minimum atomic E-state index is -0.751. The van der Waals surface area contributed by atoms with E-state index in [-0.39, 0.29) is 58.4 Å². The van der Waals surface area contributed by atoms with Crippen LogP contribution in [-0.4, -0.2) is 59.3 Å². The lowest BCUT2D eigenvalue weighted by atomic mass is 9.96. The molecule has 0 bridgehead atoms. The largest absolute Gasteiger partial charge is 0.489 e. The van der Waals surface area contributed by atoms with E-state index in [1.807, 2.05) is 0 Å². The molecular weight excluding hydrogens is 548 g/mol. The Morgan fingerprint density at radius 3 is 2.62 bits per heavy atom. The molecule has 1 aliphatic carbocycles. The summed E-state index contributed by atoms with van der Waals surface area (Å²) in [6.45, 7) is 7.52. The van der Waals surface area contributed by atoms with Gasteiger partial charge in [0.2, 0.25) is 0 Å². The number of carbonyl (C=O) groups is 2. The Balaban J connectivity index is 1.37. The standard InChI is InChI=1S/C30H33F2N5O5/c1-16-19(23-25(26(33)35-15-34-23)40-11-10-37(5)28(39)42-29(2,3)4)12-17(31)13-21(16)36-27(38)18-6-7-20-24(22(18)32)41-14-30(20)8-9-30/h6-7,12-13,15H,8-11,14H2,1-5H3,(H,36,38)(H2,33,34,35). The number of fused-ring (bicyclic) bond motifs is 2. The molecular formula is C30H33F2N5O5. The molecule has 3 N–H and O–H groups in total. The summed E-state index contributed by atoms with van der Waals surface area (Å²) < 4.78 is 47.0. The minimum Gasteiger partial charge on any atom is -0.489 e. The van der Waals surface area contributed by atoms with Crippen LogP contribution in [0.25, 0.3) is 11.3 Å². The Morgan fingerprint density at radius 1 is 1.19 bits per heavy atom. The summed E-state index contributed by atoms with van der Waals surface area (Å²) in [6, 6.07) is 5.52. The zero-order chi connectivity index (χ0) is 30.4. The molecule has 0 atom stereocenters. The molecule has 2 aromatic carbocycles. The third-order valence-corrected chi connectivity index (χ3v) is 7.34. The van der Waals surface area contributed by atoms with Crippen LogP contribution in [0.1, 0.15) is 55.1 Å². The van der Waals surface area contributed by atoms with Gasteiger partial charge in [-0.25, -0.2) is 23.5 Å². The van der Waals surface area contributed by atoms with E-state index in [0.29, 0.717) is 12.2 Å². The number of benzene rings is 2. The van der Waals surface area contributed by atoms with E-state index < -0.39 is 29.2 Å². The number of likely N-dealkylation sites (N-methyl/N-ethyl adjacent to an activating group) is 1. The topological polar surface area (TPSA) is 129 Å². The summed E-state index contributed by atoms with van der Waals surface area (Å²) in [5.41, 5.74) is 6.89. The van der Waals surface area contributed by atoms with Gasteiger partial charge in [0.1, 0.15) is 30.0 Å². The monoisotopic (exact) mass is 581 g/mol. The molecule has 2 amide bonds. The van der Waals surface area contributed by atoms with Gasteiger partial charge in [-0.2, -0.15) is 0 Å². The molecule has 2 aliphatic rings. The summed E-state index contributed by atoms with van der Waals surface area (Å²) in [7, 11) is 1.56. The van der Waals surface area contributed by atoms with Crippen molar-refractivity contribution in [3.8, 4) is 22.8 Å². The van der Waals surface area contributed by atoms with E-state index >= 15 is 4.39 Å². The van der Waals surface area contributed by atoms with Gasteiger partial charge in [-0.05, 0) is 64.3 Å². The van der Waals surface area contributed by atoms with Gasteiger partial charge in [0, 0.05) is 29.3 Å². The fraction of sp³-hybridized carbons (Fsp3) is 0.400. The molecule has 1 aliphatic heterocycles. The first-order valence-electron chi connectivity index (χ1n) is 13.5. The van der Waals surface area contributed by atoms with Gasteiger partial charge in [0.05, 0.1) is 18.7 Å². The number of aromatic nitrogens is 2. The van der Waals surface area contributed by atoms with Crippen molar-refractivity contribution in [1.29, 1.82) is 0 Å². The fourth-order valence-electron chi connectivity index (χ4n) is 4.82. The molecule has 1 spiro atoms. The Hall–Kier alpha value is -4.48. The van der Waals surface area contributed by atoms with Gasteiger partial charge < -0.3 is 30.2 Å². The van der Waals surface area contributed by atoms with Crippen LogP contribution < -0.4 is 20.5 Å². The van der Waals surface area contributed by atoms with E-state index in [0.717, 1.165) is 24.5 Å². The van der Waals surface area contributed by atoms with Crippen LogP contribution >= 0.6 is 0 Å². The number of carbonyl (C=O) groups excluding carboxylic acids is 2. The zero-order valence-electron chi connectivity index (χ0n) is 24.1. The van der Waals surface area contributed by atoms with E-state index in [1.165, 1.54) is 23.4 Å². The molecule has 1 saturated carbocycles. The third kappa shape index (κ3) is 5.65. The Kier molecular flexibility index (Phi) is 7.42. The number of hydrogen-bond donors (Lipinski definition) is 2. The van der Waals surface area contributed by atoms with Crippen molar-refractivity contribution in [3.63, 3.8) is 0 Å². The molecule has 10 nitrogen and oxygen atoms in total. The van der Waals surface area contributed by atoms with Crippen LogP contribution in [0.3, 0.4) is 0 Å². The lowest BCUT2D eigenvalue weighted by Gasteiger charge is -2.24. The molecule has 5 rings (SSSR count). The van der Waals surface area contributed by atoms with Gasteiger partial charge in [-0.1, -0.05) is 6.07 Å². The van der Waals surface area contributed by atoms with Crippen LogP contribution in [0.5, 0.6) is 11.5 Å². The number of nitrogens with zero attached hydrogens (tertiary/aromatic N) is 3. The number of amides is 2. The molecule has 3 aromatic rings. The van der Waals surface area contributed by atoms with Crippen molar-refractivity contribution in [2.24, 2.45) is 0 Å². The van der Waals surface area contributed by atoms with Crippen molar-refractivity contribution in [2.75, 3.05) is 37.9 Å². The van der Waals surface area contributed by atoms with Crippen molar-refractivity contribution >= 4 is 23.5 Å². The fourth-order valence-corrected chi connectivity index (χ4v) is 4.82. The smallest absolute Gasteiger partial charge is 0.410 e. The first kappa shape index (κ1) is 29.0. The average Bonchev–Trinajstić information content (AvgIpc) is 3.60. The Labute approximate surface area is 242 Å². The summed E-state index contributed by atoms with van der Waals surface area (Å²) in [5.74, 6) is -1.97. The van der Waals surface area contributed by atoms with E-state index in [4.69, 9.17) is 19.9 Å². The van der Waals surface area contributed by atoms with E-state index in [9.17, 15) is 14.0 Å². The quantitative estimate of drug-likeness (QED) is 0.388. The van der Waals surface area contributed by atoms with Gasteiger partial charge in [-0.3, -0.25) is 4.79 Å². The molecule has 222 valence electrons. The maximum atomic E-state index is 15.3. The van der Waals surface area contributed by atoms with Crippen LogP contribution in [0, 0.1) is 18.6 Å². The number of ether oxygens (including phenoxy) is 3. The molecule has 12 heteroatoms. The first-order chi connectivity index (χ1) is 19.8. The molecule has 0 unspecified atom stereocenters. The van der Waals surface area contributed by atoms with E-state index in [1.54, 1.807) is 40.8 Å². The maximum absolute atomic E-state index is 15.3. The maximum Gasteiger partial charge on any atom is 0.410 e. The van der Waals surface area contributed by atoms with Crippen LogP contribution in [0.4, 0.5) is 25.1 Å². The normalized spacial score (nSPS) is 14.6. The number of hydrogen-bond acceptors (Lipinski definition) is 8. The molecule has 42 heavy (non-hydrogen) atoms. The summed E-state index contributed by atoms with van der Waals surface area (Å²) in [4.78, 5) is 35.0. The van der Waals surface area contributed by atoms with Gasteiger partial charge in [-0.15, -0.1) is 0 Å². The second-order valence-electron chi connectivity index (χ2n) is 11.6. The van der Waals surface area contributed by atoms with E-state index in [2.05, 4.69) is 15.3 Å². The van der Waals surface area contributed by atoms with Gasteiger partial charge in [0.15, 0.2) is 23.1 Å². The van der Waals surface area contributed by atoms with Crippen molar-refractivity contribution in [1.82, 2.24) is 14.9 Å². The van der Waals surface area contributed by atoms with Gasteiger partial charge in [0.25, 0.3) is 5.91 Å². The minimum absolute atomic E-state index is 0.00261. The zero-order valence-corrected chi connectivity index (χ0v) is 24.1. The Morgan fingerprint density at radius 2 is 1.93 bits per heavy atom. The highest BCUT2D eigenvalue weighted by Crippen LogP contribution is 2.56. The highest BCUT2D eigenvalue weighted by Gasteiger charge is 2.51. The number of rotatable bonds is 7. The lowest BCUT2D eigenvalue weighted by molar-refractivity contribution is 0.0278. The highest BCUT2D eigenvalue weighted by molar-refractivity contribution is 6.05. The molecule has 0 radical (unpaired) electrons. The Bertz CT molecular complexity index is 1570. The summed E-state index contributed by atoms with van der Waals surface area (Å²) >= 11 is 0. The van der Waals surface area contributed by atoms with Crippen molar-refractivity contribution in [2.45, 2.75) is 51.6 Å². The number of halogens is 2. The van der Waals surface area contributed by atoms with Gasteiger partial charge >= 0.3 is 6.09 Å². The number of nitrogens with two attached hydrogens (primary N) is 1. The number of nitrogens with one attached hydrogen (secondary N) is 1. The first-order valence-corrected chi connectivity index (χ1v) is 13.5. The third-order valence-electron chi connectivity index (χ3n) is 7.34. The molecule has 1 fully saturated rings. The highest BCUT2D eigenvalue weighted by atomic mass is 19.1. The average molecular weight is 582 g/mol. The second kappa shape index (κ2) is 10.7. The lowest BCUT2D eigenvalue weighted by Crippen LogP contribution is -2.36. The summed E-state index contributed by atoms with van der Waals surface area (Å²) in [6.07, 6.45) is 2.54. The van der Waals surface area contributed by atoms with Crippen LogP contribution in [0.2, 0.25) is 0 Å². The molecule has 1 aromatic heterocycles. The van der Waals surface area contributed by atoms with Crippen LogP contribution in [0.15, 0.2) is 30.6 Å². The molecule has 2 heterocycles. The summed E-state index contributed by atoms with van der Waals surface area (Å²) in [5, 5.41) is 2.62. The molecule has 0 saturated heterocycles.